The highest BCUT2D eigenvalue weighted by Crippen LogP contribution is 2.44. The molecule has 1 aliphatic rings. The number of nitrogens with one attached hydrogen (secondary N) is 1. The summed E-state index contributed by atoms with van der Waals surface area (Å²) in [6.45, 7) is 4.00. The van der Waals surface area contributed by atoms with Crippen molar-refractivity contribution in [1.82, 2.24) is 20.1 Å². The SMILES string of the molecule is Cc1c([C@H](C)NC(=O)C2(c3ccc(Cl)cc3)CCC2)cnn1-c1ccccn1. The van der Waals surface area contributed by atoms with Crippen molar-refractivity contribution in [3.8, 4) is 5.82 Å². The number of aromatic nitrogens is 3. The van der Waals surface area contributed by atoms with E-state index in [9.17, 15) is 4.79 Å². The molecule has 0 saturated heterocycles. The van der Waals surface area contributed by atoms with Crippen molar-refractivity contribution in [3.63, 3.8) is 0 Å². The van der Waals surface area contributed by atoms with E-state index < -0.39 is 5.41 Å². The van der Waals surface area contributed by atoms with Gasteiger partial charge in [-0.05, 0) is 56.5 Å². The molecular formula is C22H23ClN4O. The zero-order valence-electron chi connectivity index (χ0n) is 16.0. The summed E-state index contributed by atoms with van der Waals surface area (Å²) in [7, 11) is 0. The molecule has 1 N–H and O–H groups in total. The molecule has 1 atom stereocenters. The van der Waals surface area contributed by atoms with Crippen LogP contribution < -0.4 is 5.32 Å². The number of pyridine rings is 1. The topological polar surface area (TPSA) is 59.8 Å². The fraction of sp³-hybridized carbons (Fsp3) is 0.318. The lowest BCUT2D eigenvalue weighted by atomic mass is 9.63. The third kappa shape index (κ3) is 3.20. The van der Waals surface area contributed by atoms with Crippen LogP contribution in [0.2, 0.25) is 5.02 Å². The molecule has 1 amide bonds. The molecule has 1 aliphatic carbocycles. The Hall–Kier alpha value is -2.66. The average molecular weight is 395 g/mol. The lowest BCUT2D eigenvalue weighted by molar-refractivity contribution is -0.130. The molecule has 5 nitrogen and oxygen atoms in total. The maximum atomic E-state index is 13.2. The summed E-state index contributed by atoms with van der Waals surface area (Å²) in [5.41, 5.74) is 2.54. The summed E-state index contributed by atoms with van der Waals surface area (Å²) in [5.74, 6) is 0.833. The number of hydrogen-bond donors (Lipinski definition) is 1. The number of carbonyl (C=O) groups is 1. The van der Waals surface area contributed by atoms with Crippen molar-refractivity contribution >= 4 is 17.5 Å². The number of hydrogen-bond acceptors (Lipinski definition) is 3. The van der Waals surface area contributed by atoms with E-state index in [-0.39, 0.29) is 11.9 Å². The first-order valence-electron chi connectivity index (χ1n) is 9.54. The molecule has 4 rings (SSSR count). The van der Waals surface area contributed by atoms with E-state index in [1.165, 1.54) is 0 Å². The monoisotopic (exact) mass is 394 g/mol. The maximum Gasteiger partial charge on any atom is 0.231 e. The molecule has 1 fully saturated rings. The van der Waals surface area contributed by atoms with E-state index in [1.54, 1.807) is 10.9 Å². The van der Waals surface area contributed by atoms with Crippen LogP contribution in [0.3, 0.4) is 0 Å². The first-order valence-corrected chi connectivity index (χ1v) is 9.92. The average Bonchev–Trinajstić information content (AvgIpc) is 3.04. The van der Waals surface area contributed by atoms with Crippen LogP contribution in [0, 0.1) is 6.92 Å². The number of nitrogens with zero attached hydrogens (tertiary/aromatic N) is 3. The maximum absolute atomic E-state index is 13.2. The molecule has 6 heteroatoms. The van der Waals surface area contributed by atoms with Gasteiger partial charge in [0.2, 0.25) is 5.91 Å². The Morgan fingerprint density at radius 2 is 1.96 bits per heavy atom. The Bertz CT molecular complexity index is 978. The van der Waals surface area contributed by atoms with Crippen molar-refractivity contribution in [2.75, 3.05) is 0 Å². The highest BCUT2D eigenvalue weighted by atomic mass is 35.5. The van der Waals surface area contributed by atoms with Crippen LogP contribution in [0.5, 0.6) is 0 Å². The minimum atomic E-state index is -0.455. The van der Waals surface area contributed by atoms with Gasteiger partial charge in [0.1, 0.15) is 0 Å². The van der Waals surface area contributed by atoms with E-state index in [2.05, 4.69) is 15.4 Å². The second-order valence-electron chi connectivity index (χ2n) is 7.42. The van der Waals surface area contributed by atoms with E-state index in [1.807, 2.05) is 62.5 Å². The fourth-order valence-corrected chi connectivity index (χ4v) is 4.04. The highest BCUT2D eigenvalue weighted by molar-refractivity contribution is 6.30. The normalized spacial score (nSPS) is 16.2. The van der Waals surface area contributed by atoms with E-state index in [4.69, 9.17) is 11.6 Å². The van der Waals surface area contributed by atoms with Gasteiger partial charge in [-0.3, -0.25) is 4.79 Å². The zero-order valence-corrected chi connectivity index (χ0v) is 16.8. The molecule has 0 bridgehead atoms. The van der Waals surface area contributed by atoms with Gasteiger partial charge in [0.25, 0.3) is 0 Å². The van der Waals surface area contributed by atoms with Gasteiger partial charge < -0.3 is 5.32 Å². The molecule has 0 radical (unpaired) electrons. The first kappa shape index (κ1) is 18.7. The van der Waals surface area contributed by atoms with Crippen LogP contribution in [-0.4, -0.2) is 20.7 Å². The molecule has 28 heavy (non-hydrogen) atoms. The number of benzene rings is 1. The zero-order chi connectivity index (χ0) is 19.7. The van der Waals surface area contributed by atoms with Gasteiger partial charge in [0, 0.05) is 22.5 Å². The van der Waals surface area contributed by atoms with E-state index in [0.29, 0.717) is 5.02 Å². The van der Waals surface area contributed by atoms with Gasteiger partial charge in [-0.2, -0.15) is 5.10 Å². The number of halogens is 1. The number of carbonyl (C=O) groups excluding carboxylic acids is 1. The molecule has 3 aromatic rings. The highest BCUT2D eigenvalue weighted by Gasteiger charge is 2.46. The summed E-state index contributed by atoms with van der Waals surface area (Å²) < 4.78 is 1.80. The third-order valence-electron chi connectivity index (χ3n) is 5.77. The Kier molecular flexibility index (Phi) is 4.94. The van der Waals surface area contributed by atoms with Crippen molar-refractivity contribution in [2.45, 2.75) is 44.6 Å². The minimum Gasteiger partial charge on any atom is -0.349 e. The quantitative estimate of drug-likeness (QED) is 0.691. The van der Waals surface area contributed by atoms with Crippen molar-refractivity contribution in [1.29, 1.82) is 0 Å². The van der Waals surface area contributed by atoms with Gasteiger partial charge in [-0.25, -0.2) is 9.67 Å². The predicted octanol–water partition coefficient (Wildman–Crippen LogP) is 4.53. The molecule has 1 saturated carbocycles. The van der Waals surface area contributed by atoms with Crippen LogP contribution in [0.1, 0.15) is 49.0 Å². The first-order chi connectivity index (χ1) is 13.5. The Morgan fingerprint density at radius 3 is 2.57 bits per heavy atom. The molecule has 2 aromatic heterocycles. The van der Waals surface area contributed by atoms with Crippen molar-refractivity contribution in [2.24, 2.45) is 0 Å². The fourth-order valence-electron chi connectivity index (χ4n) is 3.92. The van der Waals surface area contributed by atoms with Gasteiger partial charge in [0.15, 0.2) is 5.82 Å². The molecule has 0 spiro atoms. The Balaban J connectivity index is 1.55. The largest absolute Gasteiger partial charge is 0.349 e. The van der Waals surface area contributed by atoms with Crippen LogP contribution in [0.4, 0.5) is 0 Å². The van der Waals surface area contributed by atoms with E-state index in [0.717, 1.165) is 41.9 Å². The van der Waals surface area contributed by atoms with Gasteiger partial charge in [-0.15, -0.1) is 0 Å². The Labute approximate surface area is 169 Å². The van der Waals surface area contributed by atoms with Gasteiger partial charge >= 0.3 is 0 Å². The summed E-state index contributed by atoms with van der Waals surface area (Å²) >= 11 is 6.02. The molecule has 144 valence electrons. The smallest absolute Gasteiger partial charge is 0.231 e. The molecule has 2 heterocycles. The van der Waals surface area contributed by atoms with Crippen molar-refractivity contribution < 1.29 is 4.79 Å². The second-order valence-corrected chi connectivity index (χ2v) is 7.86. The molecule has 0 aliphatic heterocycles. The van der Waals surface area contributed by atoms with Gasteiger partial charge in [-0.1, -0.05) is 36.2 Å². The third-order valence-corrected chi connectivity index (χ3v) is 6.02. The van der Waals surface area contributed by atoms with Crippen LogP contribution in [0.25, 0.3) is 5.82 Å². The predicted molar refractivity (Wildman–Crippen MR) is 110 cm³/mol. The van der Waals surface area contributed by atoms with Crippen molar-refractivity contribution in [3.05, 3.63) is 76.7 Å². The number of amides is 1. The van der Waals surface area contributed by atoms with Crippen LogP contribution in [0.15, 0.2) is 54.9 Å². The summed E-state index contributed by atoms with van der Waals surface area (Å²) in [6.07, 6.45) is 6.33. The summed E-state index contributed by atoms with van der Waals surface area (Å²) in [5, 5.41) is 8.36. The van der Waals surface area contributed by atoms with Crippen LogP contribution >= 0.6 is 11.6 Å². The standard InChI is InChI=1S/C22H23ClN4O/c1-15(19-14-25-27(16(19)2)20-6-3-4-13-24-20)26-21(28)22(11-5-12-22)17-7-9-18(23)10-8-17/h3-4,6-10,13-15H,5,11-12H2,1-2H3,(H,26,28)/t15-/m0/s1. The molecular weight excluding hydrogens is 372 g/mol. The minimum absolute atomic E-state index is 0.0681. The second kappa shape index (κ2) is 7.40. The van der Waals surface area contributed by atoms with E-state index >= 15 is 0 Å². The van der Waals surface area contributed by atoms with Crippen LogP contribution in [-0.2, 0) is 10.2 Å². The summed E-state index contributed by atoms with van der Waals surface area (Å²) in [6, 6.07) is 13.2. The lowest BCUT2D eigenvalue weighted by Gasteiger charge is -2.41. The Morgan fingerprint density at radius 1 is 1.21 bits per heavy atom. The van der Waals surface area contributed by atoms with Gasteiger partial charge in [0.05, 0.1) is 17.7 Å². The summed E-state index contributed by atoms with van der Waals surface area (Å²) in [4.78, 5) is 17.6. The molecule has 0 unspecified atom stereocenters. The molecule has 1 aromatic carbocycles. The number of rotatable bonds is 5. The lowest BCUT2D eigenvalue weighted by Crippen LogP contribution is -2.49.